The molecular weight excluding hydrogens is 341 g/mol. The van der Waals surface area contributed by atoms with Crippen LogP contribution >= 0.6 is 0 Å². The van der Waals surface area contributed by atoms with E-state index in [0.717, 1.165) is 33.6 Å². The fourth-order valence-corrected chi connectivity index (χ4v) is 2.87. The number of ether oxygens (including phenoxy) is 1. The third-order valence-electron chi connectivity index (χ3n) is 4.32. The summed E-state index contributed by atoms with van der Waals surface area (Å²) >= 11 is 0. The first-order valence-electron chi connectivity index (χ1n) is 8.62. The molecule has 0 atom stereocenters. The highest BCUT2D eigenvalue weighted by Crippen LogP contribution is 2.26. The number of hydrogen-bond donors (Lipinski definition) is 1. The van der Waals surface area contributed by atoms with E-state index in [1.165, 1.54) is 12.1 Å². The minimum Gasteiger partial charge on any atom is -0.497 e. The van der Waals surface area contributed by atoms with Gasteiger partial charge in [0.05, 0.1) is 12.6 Å². The summed E-state index contributed by atoms with van der Waals surface area (Å²) in [6, 6.07) is 22.0. The van der Waals surface area contributed by atoms with Crippen molar-refractivity contribution in [3.8, 4) is 17.1 Å². The number of hydrogen-bond acceptors (Lipinski definition) is 4. The van der Waals surface area contributed by atoms with Gasteiger partial charge in [-0.25, -0.2) is 14.4 Å². The van der Waals surface area contributed by atoms with Crippen molar-refractivity contribution in [1.82, 2.24) is 9.97 Å². The van der Waals surface area contributed by atoms with Crippen LogP contribution in [0.25, 0.3) is 22.3 Å². The van der Waals surface area contributed by atoms with Crippen LogP contribution in [0.3, 0.4) is 0 Å². The molecule has 0 unspecified atom stereocenters. The Morgan fingerprint density at radius 2 is 1.63 bits per heavy atom. The SMILES string of the molecule is COc1ccc(-c2nc(NCc3ccc(F)cc3)c3ccccc3n2)cc1. The van der Waals surface area contributed by atoms with E-state index in [9.17, 15) is 4.39 Å². The fourth-order valence-electron chi connectivity index (χ4n) is 2.87. The van der Waals surface area contributed by atoms with E-state index < -0.39 is 0 Å². The number of halogens is 1. The monoisotopic (exact) mass is 359 g/mol. The summed E-state index contributed by atoms with van der Waals surface area (Å²) in [6.07, 6.45) is 0. The van der Waals surface area contributed by atoms with Crippen LogP contribution in [0.5, 0.6) is 5.75 Å². The minimum absolute atomic E-state index is 0.243. The van der Waals surface area contributed by atoms with Crippen molar-refractivity contribution < 1.29 is 9.13 Å². The molecule has 1 heterocycles. The van der Waals surface area contributed by atoms with Gasteiger partial charge in [0.1, 0.15) is 17.4 Å². The summed E-state index contributed by atoms with van der Waals surface area (Å²) in [4.78, 5) is 9.41. The number of fused-ring (bicyclic) bond motifs is 1. The highest BCUT2D eigenvalue weighted by Gasteiger charge is 2.09. The smallest absolute Gasteiger partial charge is 0.162 e. The third-order valence-corrected chi connectivity index (χ3v) is 4.32. The predicted molar refractivity (Wildman–Crippen MR) is 105 cm³/mol. The summed E-state index contributed by atoms with van der Waals surface area (Å²) in [5, 5.41) is 4.30. The topological polar surface area (TPSA) is 47.0 Å². The summed E-state index contributed by atoms with van der Waals surface area (Å²) in [6.45, 7) is 0.545. The molecule has 0 saturated carbocycles. The zero-order chi connectivity index (χ0) is 18.6. The van der Waals surface area contributed by atoms with E-state index in [1.54, 1.807) is 19.2 Å². The van der Waals surface area contributed by atoms with Gasteiger partial charge in [0.25, 0.3) is 0 Å². The Kier molecular flexibility index (Phi) is 4.66. The average Bonchev–Trinajstić information content (AvgIpc) is 2.73. The van der Waals surface area contributed by atoms with E-state index in [0.29, 0.717) is 12.4 Å². The Balaban J connectivity index is 1.70. The molecule has 0 aliphatic rings. The number of anilines is 1. The minimum atomic E-state index is -0.243. The highest BCUT2D eigenvalue weighted by atomic mass is 19.1. The molecule has 4 rings (SSSR count). The number of para-hydroxylation sites is 1. The number of benzene rings is 3. The van der Waals surface area contributed by atoms with Crippen LogP contribution in [-0.2, 0) is 6.54 Å². The van der Waals surface area contributed by atoms with Crippen LogP contribution in [0, 0.1) is 5.82 Å². The lowest BCUT2D eigenvalue weighted by atomic mass is 10.1. The lowest BCUT2D eigenvalue weighted by Crippen LogP contribution is -2.04. The Hall–Kier alpha value is -3.47. The van der Waals surface area contributed by atoms with Gasteiger partial charge in [-0.1, -0.05) is 24.3 Å². The van der Waals surface area contributed by atoms with E-state index >= 15 is 0 Å². The first-order valence-corrected chi connectivity index (χ1v) is 8.62. The molecule has 1 N–H and O–H groups in total. The molecule has 0 fully saturated rings. The molecule has 0 aliphatic carbocycles. The molecule has 27 heavy (non-hydrogen) atoms. The van der Waals surface area contributed by atoms with Gasteiger partial charge in [0.2, 0.25) is 0 Å². The van der Waals surface area contributed by atoms with Gasteiger partial charge in [0.15, 0.2) is 5.82 Å². The molecule has 3 aromatic carbocycles. The van der Waals surface area contributed by atoms with Crippen molar-refractivity contribution in [3.05, 3.63) is 84.2 Å². The van der Waals surface area contributed by atoms with Crippen LogP contribution in [-0.4, -0.2) is 17.1 Å². The largest absolute Gasteiger partial charge is 0.497 e. The van der Waals surface area contributed by atoms with Crippen LogP contribution in [0.4, 0.5) is 10.2 Å². The van der Waals surface area contributed by atoms with Gasteiger partial charge >= 0.3 is 0 Å². The maximum atomic E-state index is 13.1. The van der Waals surface area contributed by atoms with Crippen LogP contribution in [0.2, 0.25) is 0 Å². The van der Waals surface area contributed by atoms with Crippen molar-refractivity contribution in [1.29, 1.82) is 0 Å². The van der Waals surface area contributed by atoms with Crippen molar-refractivity contribution in [2.75, 3.05) is 12.4 Å². The van der Waals surface area contributed by atoms with Gasteiger partial charge in [-0.3, -0.25) is 0 Å². The van der Waals surface area contributed by atoms with E-state index in [-0.39, 0.29) is 5.82 Å². The van der Waals surface area contributed by atoms with Crippen molar-refractivity contribution in [3.63, 3.8) is 0 Å². The molecule has 0 radical (unpaired) electrons. The Morgan fingerprint density at radius 1 is 0.889 bits per heavy atom. The Morgan fingerprint density at radius 3 is 2.37 bits per heavy atom. The van der Waals surface area contributed by atoms with Gasteiger partial charge < -0.3 is 10.1 Å². The molecule has 4 nitrogen and oxygen atoms in total. The number of nitrogens with zero attached hydrogens (tertiary/aromatic N) is 2. The van der Waals surface area contributed by atoms with Gasteiger partial charge in [-0.2, -0.15) is 0 Å². The zero-order valence-corrected chi connectivity index (χ0v) is 14.8. The summed E-state index contributed by atoms with van der Waals surface area (Å²) in [5.74, 6) is 1.93. The molecule has 0 aliphatic heterocycles. The Labute approximate surface area is 156 Å². The van der Waals surface area contributed by atoms with Crippen LogP contribution in [0.15, 0.2) is 72.8 Å². The predicted octanol–water partition coefficient (Wildman–Crippen LogP) is 5.06. The van der Waals surface area contributed by atoms with Gasteiger partial charge in [-0.05, 0) is 54.1 Å². The van der Waals surface area contributed by atoms with Crippen LogP contribution < -0.4 is 10.1 Å². The fraction of sp³-hybridized carbons (Fsp3) is 0.0909. The number of aromatic nitrogens is 2. The van der Waals surface area contributed by atoms with Crippen molar-refractivity contribution in [2.24, 2.45) is 0 Å². The summed E-state index contributed by atoms with van der Waals surface area (Å²) in [7, 11) is 1.64. The first kappa shape index (κ1) is 17.0. The quantitative estimate of drug-likeness (QED) is 0.541. The van der Waals surface area contributed by atoms with E-state index in [4.69, 9.17) is 9.72 Å². The molecule has 5 heteroatoms. The molecular formula is C22H18FN3O. The molecule has 4 aromatic rings. The normalized spacial score (nSPS) is 10.7. The second-order valence-corrected chi connectivity index (χ2v) is 6.12. The van der Waals surface area contributed by atoms with E-state index in [2.05, 4.69) is 10.3 Å². The van der Waals surface area contributed by atoms with Crippen molar-refractivity contribution in [2.45, 2.75) is 6.54 Å². The molecule has 0 amide bonds. The summed E-state index contributed by atoms with van der Waals surface area (Å²) in [5.41, 5.74) is 2.75. The second kappa shape index (κ2) is 7.41. The van der Waals surface area contributed by atoms with E-state index in [1.807, 2.05) is 48.5 Å². The maximum absolute atomic E-state index is 13.1. The number of methoxy groups -OCH3 is 1. The van der Waals surface area contributed by atoms with Gasteiger partial charge in [-0.15, -0.1) is 0 Å². The zero-order valence-electron chi connectivity index (χ0n) is 14.8. The first-order chi connectivity index (χ1) is 13.2. The lowest BCUT2D eigenvalue weighted by molar-refractivity contribution is 0.415. The summed E-state index contributed by atoms with van der Waals surface area (Å²) < 4.78 is 18.3. The number of rotatable bonds is 5. The van der Waals surface area contributed by atoms with Crippen molar-refractivity contribution >= 4 is 16.7 Å². The Bertz CT molecular complexity index is 1060. The third kappa shape index (κ3) is 3.72. The van der Waals surface area contributed by atoms with Crippen LogP contribution in [0.1, 0.15) is 5.56 Å². The molecule has 0 saturated heterocycles. The maximum Gasteiger partial charge on any atom is 0.162 e. The molecule has 1 aromatic heterocycles. The average molecular weight is 359 g/mol. The standard InChI is InChI=1S/C22H18FN3O/c1-27-18-12-8-16(9-13-18)21-25-20-5-3-2-4-19(20)22(26-21)24-14-15-6-10-17(23)11-7-15/h2-13H,14H2,1H3,(H,24,25,26). The molecule has 134 valence electrons. The lowest BCUT2D eigenvalue weighted by Gasteiger charge is -2.11. The molecule has 0 bridgehead atoms. The van der Waals surface area contributed by atoms with Gasteiger partial charge in [0, 0.05) is 17.5 Å². The number of nitrogens with one attached hydrogen (secondary N) is 1. The highest BCUT2D eigenvalue weighted by molar-refractivity contribution is 5.90. The second-order valence-electron chi connectivity index (χ2n) is 6.12. The molecule has 0 spiro atoms.